The topological polar surface area (TPSA) is 297 Å². The quantitative estimate of drug-likeness (QED) is 0.120. The van der Waals surface area contributed by atoms with E-state index in [9.17, 15) is 30.3 Å². The lowest BCUT2D eigenvalue weighted by atomic mass is 9.83. The molecule has 0 spiro atoms. The summed E-state index contributed by atoms with van der Waals surface area (Å²) in [6, 6.07) is -3.54. The van der Waals surface area contributed by atoms with Crippen LogP contribution in [0.1, 0.15) is 25.7 Å². The van der Waals surface area contributed by atoms with Gasteiger partial charge in [0.1, 0.15) is 42.7 Å². The first-order chi connectivity index (χ1) is 18.0. The molecule has 0 aromatic rings. The summed E-state index contributed by atoms with van der Waals surface area (Å²) in [5.74, 6) is -0.762. The molecule has 2 heterocycles. The monoisotopic (exact) mass is 552 g/mol. The minimum atomic E-state index is -1.55. The van der Waals surface area contributed by atoms with Gasteiger partial charge in [-0.1, -0.05) is 0 Å². The minimum absolute atomic E-state index is 0.000983. The Morgan fingerprint density at radius 3 is 2.26 bits per heavy atom. The second-order valence-corrected chi connectivity index (χ2v) is 10.2. The van der Waals surface area contributed by atoms with Crippen LogP contribution in [0.25, 0.3) is 0 Å². The molecule has 0 unspecified atom stereocenters. The van der Waals surface area contributed by atoms with Crippen molar-refractivity contribution in [1.82, 2.24) is 5.32 Å². The van der Waals surface area contributed by atoms with Crippen LogP contribution in [-0.4, -0.2) is 137 Å². The fraction of sp³-hybridized carbons (Fsp3) is 0.955. The van der Waals surface area contributed by atoms with Crippen molar-refractivity contribution >= 4 is 5.91 Å². The van der Waals surface area contributed by atoms with Gasteiger partial charge in [0, 0.05) is 12.6 Å². The molecule has 3 fully saturated rings. The molecule has 0 radical (unpaired) electrons. The Kier molecular flexibility index (Phi) is 11.6. The zero-order valence-corrected chi connectivity index (χ0v) is 21.2. The number of aliphatic hydroxyl groups excluding tert-OH is 5. The molecular weight excluding hydrogens is 508 g/mol. The Morgan fingerprint density at radius 2 is 1.63 bits per heavy atom. The molecule has 1 aliphatic carbocycles. The first kappa shape index (κ1) is 31.4. The van der Waals surface area contributed by atoms with Crippen molar-refractivity contribution in [2.75, 3.05) is 19.7 Å². The summed E-state index contributed by atoms with van der Waals surface area (Å²) < 4.78 is 23.3. The molecule has 3 rings (SSSR count). The van der Waals surface area contributed by atoms with Gasteiger partial charge in [-0.3, -0.25) is 4.79 Å². The maximum Gasteiger partial charge on any atom is 0.249 e. The van der Waals surface area contributed by atoms with Crippen molar-refractivity contribution in [2.45, 2.75) is 111 Å². The fourth-order valence-corrected chi connectivity index (χ4v) is 5.02. The second kappa shape index (κ2) is 14.0. The Morgan fingerprint density at radius 1 is 0.947 bits per heavy atom. The van der Waals surface area contributed by atoms with E-state index in [1.807, 2.05) is 0 Å². The summed E-state index contributed by atoms with van der Waals surface area (Å²) in [4.78, 5) is 12.6. The van der Waals surface area contributed by atoms with E-state index in [-0.39, 0.29) is 32.0 Å². The lowest BCUT2D eigenvalue weighted by Crippen LogP contribution is -2.69. The van der Waals surface area contributed by atoms with Crippen LogP contribution >= 0.6 is 0 Å². The summed E-state index contributed by atoms with van der Waals surface area (Å²) >= 11 is 0. The molecule has 14 atom stereocenters. The van der Waals surface area contributed by atoms with Crippen LogP contribution in [-0.2, 0) is 23.7 Å². The van der Waals surface area contributed by atoms with E-state index in [2.05, 4.69) is 5.32 Å². The second-order valence-electron chi connectivity index (χ2n) is 10.2. The van der Waals surface area contributed by atoms with E-state index in [0.29, 0.717) is 12.8 Å². The fourth-order valence-electron chi connectivity index (χ4n) is 5.02. The van der Waals surface area contributed by atoms with Crippen molar-refractivity contribution in [3.63, 3.8) is 0 Å². The average Bonchev–Trinajstić information content (AvgIpc) is 2.89. The molecule has 16 N–H and O–H groups in total. The summed E-state index contributed by atoms with van der Waals surface area (Å²) in [7, 11) is 0. The molecule has 1 saturated carbocycles. The number of carbonyl (C=O) groups is 1. The summed E-state index contributed by atoms with van der Waals surface area (Å²) in [6.45, 7) is -0.296. The molecule has 16 heteroatoms. The predicted molar refractivity (Wildman–Crippen MR) is 131 cm³/mol. The van der Waals surface area contributed by atoms with Gasteiger partial charge in [-0.05, 0) is 32.2 Å². The highest BCUT2D eigenvalue weighted by Crippen LogP contribution is 2.31. The number of nitrogens with one attached hydrogen (secondary N) is 1. The maximum atomic E-state index is 12.6. The number of rotatable bonds is 10. The molecular formula is C22H44N6O10. The molecule has 2 aliphatic heterocycles. The highest BCUT2D eigenvalue weighted by molar-refractivity contribution is 5.80. The third-order valence-electron chi connectivity index (χ3n) is 7.37. The van der Waals surface area contributed by atoms with Gasteiger partial charge in [-0.15, -0.1) is 0 Å². The van der Waals surface area contributed by atoms with Crippen LogP contribution in [0.3, 0.4) is 0 Å². The van der Waals surface area contributed by atoms with E-state index in [1.54, 1.807) is 0 Å². The lowest BCUT2D eigenvalue weighted by Gasteiger charge is -2.48. The largest absolute Gasteiger partial charge is 0.394 e. The van der Waals surface area contributed by atoms with Crippen LogP contribution in [0, 0.1) is 0 Å². The number of amides is 1. The van der Waals surface area contributed by atoms with Gasteiger partial charge in [0.2, 0.25) is 5.91 Å². The molecule has 16 nitrogen and oxygen atoms in total. The molecule has 1 amide bonds. The number of aliphatic hydroxyl groups is 5. The number of nitrogens with two attached hydrogens (primary N) is 5. The molecule has 2 saturated heterocycles. The van der Waals surface area contributed by atoms with Crippen LogP contribution in [0.4, 0.5) is 0 Å². The first-order valence-electron chi connectivity index (χ1n) is 12.9. The summed E-state index contributed by atoms with van der Waals surface area (Å²) in [5, 5.41) is 54.4. The zero-order chi connectivity index (χ0) is 28.1. The summed E-state index contributed by atoms with van der Waals surface area (Å²) in [5.41, 5.74) is 29.6. The molecule has 38 heavy (non-hydrogen) atoms. The Bertz CT molecular complexity index is 755. The van der Waals surface area contributed by atoms with Gasteiger partial charge in [0.05, 0.1) is 30.8 Å². The predicted octanol–water partition coefficient (Wildman–Crippen LogP) is -6.40. The molecule has 0 aromatic carbocycles. The molecule has 0 bridgehead atoms. The molecule has 3 aliphatic rings. The molecule has 0 aromatic heterocycles. The minimum Gasteiger partial charge on any atom is -0.394 e. The van der Waals surface area contributed by atoms with Gasteiger partial charge < -0.3 is 78.5 Å². The Balaban J connectivity index is 1.82. The number of hydrogen-bond acceptors (Lipinski definition) is 15. The van der Waals surface area contributed by atoms with E-state index < -0.39 is 92.0 Å². The average molecular weight is 553 g/mol. The third kappa shape index (κ3) is 7.15. The normalized spacial score (nSPS) is 44.9. The summed E-state index contributed by atoms with van der Waals surface area (Å²) in [6.07, 6.45) is -10.8. The van der Waals surface area contributed by atoms with Crippen molar-refractivity contribution in [3.05, 3.63) is 0 Å². The smallest absolute Gasteiger partial charge is 0.249 e. The third-order valence-corrected chi connectivity index (χ3v) is 7.37. The van der Waals surface area contributed by atoms with Crippen molar-refractivity contribution in [1.29, 1.82) is 0 Å². The highest BCUT2D eigenvalue weighted by Gasteiger charge is 2.51. The van der Waals surface area contributed by atoms with Crippen molar-refractivity contribution in [2.24, 2.45) is 28.7 Å². The van der Waals surface area contributed by atoms with E-state index in [4.69, 9.17) is 47.6 Å². The van der Waals surface area contributed by atoms with Crippen LogP contribution in [0.5, 0.6) is 0 Å². The van der Waals surface area contributed by atoms with Gasteiger partial charge in [0.15, 0.2) is 12.6 Å². The standard InChI is InChI=1S/C22H44N6O10/c23-4-3-12(30)20(34)28-11-5-10(26)18(37-21-9(25)2-1-8(6-24)35-21)17(33)19(11)38-22-16(32)14(27)15(31)13(7-29)36-22/h8-19,21-22,29-33H,1-7,23-27H2,(H,28,34)/t8-,9+,10-,11+,12-,13+,14-,15+,16+,17+,18+,19-,21+,22+/m0/s1. The van der Waals surface area contributed by atoms with Crippen LogP contribution < -0.4 is 34.0 Å². The maximum absolute atomic E-state index is 12.6. The van der Waals surface area contributed by atoms with Gasteiger partial charge in [-0.2, -0.15) is 0 Å². The number of ether oxygens (including phenoxy) is 4. The highest BCUT2D eigenvalue weighted by atomic mass is 16.7. The van der Waals surface area contributed by atoms with Crippen molar-refractivity contribution < 1.29 is 49.3 Å². The zero-order valence-electron chi connectivity index (χ0n) is 21.2. The van der Waals surface area contributed by atoms with E-state index in [0.717, 1.165) is 0 Å². The van der Waals surface area contributed by atoms with Crippen LogP contribution in [0.2, 0.25) is 0 Å². The number of hydrogen-bond donors (Lipinski definition) is 11. The molecule has 222 valence electrons. The Labute approximate surface area is 220 Å². The Hall–Kier alpha value is -1.09. The number of carbonyl (C=O) groups excluding carboxylic acids is 1. The van der Waals surface area contributed by atoms with Gasteiger partial charge >= 0.3 is 0 Å². The lowest BCUT2D eigenvalue weighted by molar-refractivity contribution is -0.314. The van der Waals surface area contributed by atoms with E-state index in [1.165, 1.54) is 0 Å². The van der Waals surface area contributed by atoms with Crippen LogP contribution in [0.15, 0.2) is 0 Å². The van der Waals surface area contributed by atoms with Gasteiger partial charge in [0.25, 0.3) is 0 Å². The first-order valence-corrected chi connectivity index (χ1v) is 12.9. The van der Waals surface area contributed by atoms with Gasteiger partial charge in [-0.25, -0.2) is 0 Å². The van der Waals surface area contributed by atoms with Crippen molar-refractivity contribution in [3.8, 4) is 0 Å². The SMILES string of the molecule is NCC[C@H](O)C(=O)N[C@@H]1C[C@H](N)[C@@H](O[C@H]2O[C@H](CN)CC[C@H]2N)[C@@H](O)[C@H]1O[C@H]1O[C@H](CO)[C@@H](O)[C@H](N)[C@H]1O. The van der Waals surface area contributed by atoms with E-state index >= 15 is 0 Å².